The molecule has 0 aliphatic carbocycles. The van der Waals surface area contributed by atoms with Gasteiger partial charge >= 0.3 is 0 Å². The van der Waals surface area contributed by atoms with Crippen LogP contribution in [0.4, 0.5) is 0 Å². The minimum absolute atomic E-state index is 0.872. The van der Waals surface area contributed by atoms with Gasteiger partial charge in [-0.2, -0.15) is 0 Å². The van der Waals surface area contributed by atoms with E-state index in [-0.39, 0.29) is 0 Å². The van der Waals surface area contributed by atoms with Gasteiger partial charge < -0.3 is 9.72 Å². The quantitative estimate of drug-likeness (QED) is 0.363. The summed E-state index contributed by atoms with van der Waals surface area (Å²) in [5, 5.41) is 2.56. The van der Waals surface area contributed by atoms with Crippen molar-refractivity contribution in [3.8, 4) is 27.4 Å². The minimum Gasteiger partial charge on any atom is -0.497 e. The number of benzene rings is 3. The van der Waals surface area contributed by atoms with Crippen LogP contribution in [-0.4, -0.2) is 12.1 Å². The third-order valence-electron chi connectivity index (χ3n) is 5.14. The Hall–Kier alpha value is -3.04. The third-order valence-corrected chi connectivity index (χ3v) is 6.43. The molecular weight excluding hydrogens is 350 g/mol. The Labute approximate surface area is 162 Å². The van der Waals surface area contributed by atoms with Crippen LogP contribution in [-0.2, 0) is 0 Å². The van der Waals surface area contributed by atoms with Crippen LogP contribution in [0.3, 0.4) is 0 Å². The molecule has 2 heterocycles. The van der Waals surface area contributed by atoms with Gasteiger partial charge in [-0.3, -0.25) is 0 Å². The monoisotopic (exact) mass is 369 g/mol. The van der Waals surface area contributed by atoms with E-state index < -0.39 is 0 Å². The first-order chi connectivity index (χ1) is 13.3. The van der Waals surface area contributed by atoms with E-state index >= 15 is 0 Å². The van der Waals surface area contributed by atoms with Gasteiger partial charge in [-0.1, -0.05) is 48.5 Å². The van der Waals surface area contributed by atoms with Crippen LogP contribution >= 0.6 is 11.3 Å². The van der Waals surface area contributed by atoms with E-state index in [1.807, 2.05) is 17.4 Å². The average Bonchev–Trinajstić information content (AvgIpc) is 3.26. The van der Waals surface area contributed by atoms with Gasteiger partial charge in [0.1, 0.15) is 5.75 Å². The third kappa shape index (κ3) is 2.54. The van der Waals surface area contributed by atoms with Gasteiger partial charge in [0.15, 0.2) is 0 Å². The van der Waals surface area contributed by atoms with Crippen LogP contribution in [0.1, 0.15) is 5.56 Å². The number of aromatic amines is 1. The number of H-pyrrole nitrogens is 1. The van der Waals surface area contributed by atoms with E-state index in [1.165, 1.54) is 42.7 Å². The fourth-order valence-electron chi connectivity index (χ4n) is 3.80. The molecule has 5 rings (SSSR count). The van der Waals surface area contributed by atoms with Crippen LogP contribution in [0.25, 0.3) is 42.7 Å². The molecule has 0 saturated heterocycles. The molecule has 0 aliphatic heterocycles. The Morgan fingerprint density at radius 1 is 0.852 bits per heavy atom. The summed E-state index contributed by atoms with van der Waals surface area (Å²) in [4.78, 5) is 4.98. The van der Waals surface area contributed by atoms with E-state index in [2.05, 4.69) is 78.6 Å². The summed E-state index contributed by atoms with van der Waals surface area (Å²) in [6, 6.07) is 25.4. The van der Waals surface area contributed by atoms with Crippen molar-refractivity contribution >= 4 is 32.3 Å². The van der Waals surface area contributed by atoms with Crippen molar-refractivity contribution < 1.29 is 4.74 Å². The molecule has 3 aromatic carbocycles. The fraction of sp³-hybridized carbons (Fsp3) is 0.0833. The van der Waals surface area contributed by atoms with Gasteiger partial charge in [-0.15, -0.1) is 11.3 Å². The molecule has 0 atom stereocenters. The number of ether oxygens (including phenoxy) is 1. The van der Waals surface area contributed by atoms with Gasteiger partial charge in [0, 0.05) is 21.2 Å². The maximum absolute atomic E-state index is 5.47. The molecule has 2 aromatic heterocycles. The van der Waals surface area contributed by atoms with E-state index in [9.17, 15) is 0 Å². The van der Waals surface area contributed by atoms with E-state index in [0.717, 1.165) is 11.3 Å². The fourth-order valence-corrected chi connectivity index (χ4v) is 5.02. The summed E-state index contributed by atoms with van der Waals surface area (Å²) in [5.74, 6) is 0.872. The Morgan fingerprint density at radius 3 is 2.44 bits per heavy atom. The highest BCUT2D eigenvalue weighted by atomic mass is 32.1. The van der Waals surface area contributed by atoms with Gasteiger partial charge in [-0.25, -0.2) is 0 Å². The highest BCUT2D eigenvalue weighted by Gasteiger charge is 2.19. The second kappa shape index (κ2) is 6.29. The normalized spacial score (nSPS) is 11.3. The van der Waals surface area contributed by atoms with E-state index in [1.54, 1.807) is 7.11 Å². The molecule has 3 heteroatoms. The number of hydrogen-bond donors (Lipinski definition) is 1. The number of aryl methyl sites for hydroxylation is 1. The number of methoxy groups -OCH3 is 1. The Bertz CT molecular complexity index is 1280. The number of aromatic nitrogens is 1. The van der Waals surface area contributed by atoms with E-state index in [4.69, 9.17) is 4.74 Å². The van der Waals surface area contributed by atoms with Crippen LogP contribution < -0.4 is 4.74 Å². The van der Waals surface area contributed by atoms with Gasteiger partial charge in [0.05, 0.1) is 17.7 Å². The largest absolute Gasteiger partial charge is 0.497 e. The van der Waals surface area contributed by atoms with Crippen LogP contribution in [0.5, 0.6) is 5.75 Å². The maximum Gasteiger partial charge on any atom is 0.119 e. The number of para-hydroxylation sites is 1. The molecule has 132 valence electrons. The molecule has 0 aliphatic rings. The van der Waals surface area contributed by atoms with Gasteiger partial charge in [0.2, 0.25) is 0 Å². The van der Waals surface area contributed by atoms with Crippen molar-refractivity contribution in [2.75, 3.05) is 7.11 Å². The smallest absolute Gasteiger partial charge is 0.119 e. The zero-order valence-electron chi connectivity index (χ0n) is 15.2. The Balaban J connectivity index is 1.85. The molecule has 0 radical (unpaired) electrons. The zero-order valence-corrected chi connectivity index (χ0v) is 16.1. The molecular formula is C24H19NOS. The molecule has 0 unspecified atom stereocenters. The molecule has 2 nitrogen and oxygen atoms in total. The molecule has 0 amide bonds. The standard InChI is InChI=1S/C24H19NOS/c1-15-18-10-4-6-13-21(18)27-24(15)23-22(16-8-7-9-17(14-16)26-2)19-11-3-5-12-20(19)25-23/h3-14,25H,1-2H3. The van der Waals surface area contributed by atoms with Crippen molar-refractivity contribution in [2.24, 2.45) is 0 Å². The first-order valence-electron chi connectivity index (χ1n) is 9.00. The van der Waals surface area contributed by atoms with Crippen molar-refractivity contribution in [1.29, 1.82) is 0 Å². The summed E-state index contributed by atoms with van der Waals surface area (Å²) in [5.41, 5.74) is 6.06. The Morgan fingerprint density at radius 2 is 1.63 bits per heavy atom. The summed E-state index contributed by atoms with van der Waals surface area (Å²) >= 11 is 1.85. The lowest BCUT2D eigenvalue weighted by atomic mass is 9.99. The second-order valence-electron chi connectivity index (χ2n) is 6.70. The van der Waals surface area contributed by atoms with Crippen molar-refractivity contribution in [3.05, 3.63) is 78.4 Å². The summed E-state index contributed by atoms with van der Waals surface area (Å²) < 4.78 is 6.79. The van der Waals surface area contributed by atoms with Crippen LogP contribution in [0.15, 0.2) is 72.8 Å². The highest BCUT2D eigenvalue weighted by molar-refractivity contribution is 7.22. The van der Waals surface area contributed by atoms with E-state index in [0.29, 0.717) is 0 Å². The highest BCUT2D eigenvalue weighted by Crippen LogP contribution is 2.45. The van der Waals surface area contributed by atoms with Gasteiger partial charge in [-0.05, 0) is 47.7 Å². The second-order valence-corrected chi connectivity index (χ2v) is 7.76. The van der Waals surface area contributed by atoms with Crippen LogP contribution in [0.2, 0.25) is 0 Å². The lowest BCUT2D eigenvalue weighted by Crippen LogP contribution is -1.85. The lowest BCUT2D eigenvalue weighted by Gasteiger charge is -2.07. The number of thiophene rings is 1. The molecule has 27 heavy (non-hydrogen) atoms. The molecule has 0 fully saturated rings. The number of rotatable bonds is 3. The summed E-state index contributed by atoms with van der Waals surface area (Å²) in [6.07, 6.45) is 0. The van der Waals surface area contributed by atoms with Crippen molar-refractivity contribution in [2.45, 2.75) is 6.92 Å². The maximum atomic E-state index is 5.47. The molecule has 1 N–H and O–H groups in total. The topological polar surface area (TPSA) is 25.0 Å². The lowest BCUT2D eigenvalue weighted by molar-refractivity contribution is 0.415. The molecule has 0 saturated carbocycles. The summed E-state index contributed by atoms with van der Waals surface area (Å²) in [7, 11) is 1.71. The summed E-state index contributed by atoms with van der Waals surface area (Å²) in [6.45, 7) is 2.22. The first-order valence-corrected chi connectivity index (χ1v) is 9.81. The molecule has 5 aromatic rings. The first kappa shape index (κ1) is 16.2. The Kier molecular flexibility index (Phi) is 3.76. The van der Waals surface area contributed by atoms with Crippen molar-refractivity contribution in [1.82, 2.24) is 4.98 Å². The number of fused-ring (bicyclic) bond motifs is 2. The van der Waals surface area contributed by atoms with Crippen LogP contribution in [0, 0.1) is 6.92 Å². The van der Waals surface area contributed by atoms with Gasteiger partial charge in [0.25, 0.3) is 0 Å². The van der Waals surface area contributed by atoms with Crippen molar-refractivity contribution in [3.63, 3.8) is 0 Å². The minimum atomic E-state index is 0.872. The average molecular weight is 369 g/mol. The zero-order chi connectivity index (χ0) is 18.4. The number of hydrogen-bond acceptors (Lipinski definition) is 2. The SMILES string of the molecule is COc1cccc(-c2c(-c3sc4ccccc4c3C)[nH]c3ccccc23)c1. The predicted octanol–water partition coefficient (Wildman–Crippen LogP) is 7.03. The molecule has 0 bridgehead atoms. The number of nitrogens with one attached hydrogen (secondary N) is 1. The predicted molar refractivity (Wildman–Crippen MR) is 116 cm³/mol. The molecule has 0 spiro atoms.